The average Bonchev–Trinajstić information content (AvgIpc) is 2.84. The molecule has 1 atom stereocenters. The van der Waals surface area contributed by atoms with Crippen LogP contribution in [0.4, 0.5) is 5.69 Å². The molecule has 4 aromatic rings. The Kier molecular flexibility index (Phi) is 4.28. The maximum absolute atomic E-state index is 11.2. The fraction of sp³-hybridized carbons (Fsp3) is 0.0370. The number of non-ortho nitro benzene ring substituents is 1. The largest absolute Gasteiger partial charge is 0.444 e. The lowest BCUT2D eigenvalue weighted by Gasteiger charge is -2.40. The van der Waals surface area contributed by atoms with Gasteiger partial charge in [-0.1, -0.05) is 48.0 Å². The Bertz CT molecular complexity index is 1510. The molecule has 2 aliphatic heterocycles. The van der Waals surface area contributed by atoms with E-state index in [0.717, 1.165) is 33.0 Å². The van der Waals surface area contributed by atoms with Crippen molar-refractivity contribution in [1.82, 2.24) is 0 Å². The van der Waals surface area contributed by atoms with E-state index < -0.39 is 10.7 Å². The van der Waals surface area contributed by atoms with Crippen molar-refractivity contribution in [2.24, 2.45) is 0 Å². The third-order valence-electron chi connectivity index (χ3n) is 5.94. The molecule has 5 nitrogen and oxygen atoms in total. The first-order valence-corrected chi connectivity index (χ1v) is 10.8. The van der Waals surface area contributed by atoms with Crippen LogP contribution in [0.3, 0.4) is 0 Å². The topological polar surface area (TPSA) is 61.6 Å². The first kappa shape index (κ1) is 19.6. The highest BCUT2D eigenvalue weighted by atomic mass is 35.5. The third-order valence-corrected chi connectivity index (χ3v) is 6.18. The number of nitrogens with zero attached hydrogens (tertiary/aromatic N) is 1. The lowest BCUT2D eigenvalue weighted by molar-refractivity contribution is -0.384. The summed E-state index contributed by atoms with van der Waals surface area (Å²) in [7, 11) is 0. The lowest BCUT2D eigenvalue weighted by atomic mass is 9.89. The van der Waals surface area contributed by atoms with E-state index in [2.05, 4.69) is 0 Å². The van der Waals surface area contributed by atoms with Crippen molar-refractivity contribution >= 4 is 45.8 Å². The number of fused-ring (bicyclic) bond motifs is 4. The molecule has 33 heavy (non-hydrogen) atoms. The van der Waals surface area contributed by atoms with E-state index in [1.165, 1.54) is 6.07 Å². The Morgan fingerprint density at radius 3 is 2.48 bits per heavy atom. The average molecular weight is 454 g/mol. The molecule has 6 heteroatoms. The maximum atomic E-state index is 11.2. The van der Waals surface area contributed by atoms with E-state index in [9.17, 15) is 10.1 Å². The highest BCUT2D eigenvalue weighted by Crippen LogP contribution is 2.47. The van der Waals surface area contributed by atoms with Gasteiger partial charge in [-0.25, -0.2) is 0 Å². The highest BCUT2D eigenvalue weighted by molar-refractivity contribution is 6.30. The van der Waals surface area contributed by atoms with Crippen LogP contribution >= 0.6 is 11.6 Å². The van der Waals surface area contributed by atoms with Crippen molar-refractivity contribution in [3.63, 3.8) is 0 Å². The van der Waals surface area contributed by atoms with E-state index in [0.29, 0.717) is 16.5 Å². The molecular formula is C27H16ClNO4. The van der Waals surface area contributed by atoms with Crippen LogP contribution in [0.5, 0.6) is 11.5 Å². The van der Waals surface area contributed by atoms with Crippen molar-refractivity contribution in [2.75, 3.05) is 0 Å². The van der Waals surface area contributed by atoms with Gasteiger partial charge in [0.05, 0.1) is 4.92 Å². The lowest BCUT2D eigenvalue weighted by Crippen LogP contribution is -2.44. The zero-order valence-corrected chi connectivity index (χ0v) is 18.0. The molecule has 0 bridgehead atoms. The van der Waals surface area contributed by atoms with Crippen LogP contribution in [0.25, 0.3) is 28.5 Å². The summed E-state index contributed by atoms with van der Waals surface area (Å²) in [5.74, 6) is 0.144. The van der Waals surface area contributed by atoms with Gasteiger partial charge in [0.2, 0.25) is 0 Å². The van der Waals surface area contributed by atoms with Gasteiger partial charge in [0.25, 0.3) is 11.5 Å². The van der Waals surface area contributed by atoms with Gasteiger partial charge in [-0.15, -0.1) is 0 Å². The molecule has 0 saturated carbocycles. The summed E-state index contributed by atoms with van der Waals surface area (Å²) in [6, 6.07) is 23.9. The van der Waals surface area contributed by atoms with Crippen LogP contribution in [-0.4, -0.2) is 10.7 Å². The second-order valence-corrected chi connectivity index (χ2v) is 8.39. The molecule has 4 aromatic carbocycles. The minimum atomic E-state index is -1.16. The molecule has 0 aliphatic carbocycles. The molecule has 1 spiro atoms. The zero-order valence-electron chi connectivity index (χ0n) is 17.2. The fourth-order valence-electron chi connectivity index (χ4n) is 4.39. The molecule has 0 saturated heterocycles. The second-order valence-electron chi connectivity index (χ2n) is 7.95. The maximum Gasteiger partial charge on any atom is 0.299 e. The van der Waals surface area contributed by atoms with Crippen LogP contribution in [0.2, 0.25) is 5.02 Å². The van der Waals surface area contributed by atoms with Gasteiger partial charge >= 0.3 is 0 Å². The summed E-state index contributed by atoms with van der Waals surface area (Å²) in [6.45, 7) is 0. The van der Waals surface area contributed by atoms with E-state index in [1.807, 2.05) is 72.8 Å². The van der Waals surface area contributed by atoms with Gasteiger partial charge in [-0.3, -0.25) is 10.1 Å². The molecule has 0 aromatic heterocycles. The zero-order chi connectivity index (χ0) is 22.6. The molecule has 1 unspecified atom stereocenters. The molecule has 0 radical (unpaired) electrons. The van der Waals surface area contributed by atoms with E-state index in [-0.39, 0.29) is 5.69 Å². The molecule has 2 aliphatic rings. The summed E-state index contributed by atoms with van der Waals surface area (Å²) < 4.78 is 13.0. The molecule has 6 rings (SSSR count). The number of hydrogen-bond acceptors (Lipinski definition) is 4. The number of benzene rings is 4. The van der Waals surface area contributed by atoms with Crippen molar-refractivity contribution in [2.45, 2.75) is 5.79 Å². The predicted molar refractivity (Wildman–Crippen MR) is 129 cm³/mol. The van der Waals surface area contributed by atoms with E-state index in [4.69, 9.17) is 21.1 Å². The Morgan fingerprint density at radius 2 is 1.67 bits per heavy atom. The quantitative estimate of drug-likeness (QED) is 0.239. The van der Waals surface area contributed by atoms with Crippen molar-refractivity contribution in [3.8, 4) is 11.5 Å². The van der Waals surface area contributed by atoms with E-state index >= 15 is 0 Å². The van der Waals surface area contributed by atoms with Crippen LogP contribution in [0.1, 0.15) is 16.7 Å². The molecular weight excluding hydrogens is 438 g/mol. The Labute approximate surface area is 194 Å². The number of nitro benzene ring substituents is 1. The monoisotopic (exact) mass is 453 g/mol. The summed E-state index contributed by atoms with van der Waals surface area (Å²) in [5, 5.41) is 13.4. The van der Waals surface area contributed by atoms with Crippen molar-refractivity contribution in [3.05, 3.63) is 117 Å². The second kappa shape index (κ2) is 7.22. The Balaban J connectivity index is 1.51. The van der Waals surface area contributed by atoms with Gasteiger partial charge < -0.3 is 9.47 Å². The summed E-state index contributed by atoms with van der Waals surface area (Å²) in [6.07, 6.45) is 5.90. The first-order chi connectivity index (χ1) is 16.0. The number of hydrogen-bond donors (Lipinski definition) is 0. The standard InChI is InChI=1S/C27H16ClNO4/c28-20-7-11-25-19(14-20)16-24(17-4-2-1-3-5-17)27(32-25)13-12-23-22-9-8-21(29(30)31)15-18(22)6-10-26(23)33-27/h1-16H. The van der Waals surface area contributed by atoms with Crippen LogP contribution in [-0.2, 0) is 0 Å². The molecule has 160 valence electrons. The fourth-order valence-corrected chi connectivity index (χ4v) is 4.57. The Hall–Kier alpha value is -4.09. The summed E-state index contributed by atoms with van der Waals surface area (Å²) in [4.78, 5) is 10.8. The molecule has 0 N–H and O–H groups in total. The minimum absolute atomic E-state index is 0.0554. The van der Waals surface area contributed by atoms with Crippen LogP contribution in [0, 0.1) is 10.1 Å². The van der Waals surface area contributed by atoms with Gasteiger partial charge in [0.15, 0.2) is 0 Å². The van der Waals surface area contributed by atoms with Gasteiger partial charge in [-0.05, 0) is 58.8 Å². The van der Waals surface area contributed by atoms with Crippen LogP contribution < -0.4 is 9.47 Å². The normalized spacial score (nSPS) is 18.2. The summed E-state index contributed by atoms with van der Waals surface area (Å²) >= 11 is 6.23. The van der Waals surface area contributed by atoms with Crippen molar-refractivity contribution < 1.29 is 14.4 Å². The smallest absolute Gasteiger partial charge is 0.299 e. The van der Waals surface area contributed by atoms with Gasteiger partial charge in [-0.2, -0.15) is 0 Å². The first-order valence-electron chi connectivity index (χ1n) is 10.4. The number of halogens is 1. The van der Waals surface area contributed by atoms with Crippen LogP contribution in [0.15, 0.2) is 84.9 Å². The Morgan fingerprint density at radius 1 is 0.879 bits per heavy atom. The number of rotatable bonds is 2. The molecule has 2 heterocycles. The molecule has 0 amide bonds. The number of ether oxygens (including phenoxy) is 2. The highest BCUT2D eigenvalue weighted by Gasteiger charge is 2.43. The third kappa shape index (κ3) is 3.17. The van der Waals surface area contributed by atoms with Gasteiger partial charge in [0.1, 0.15) is 11.5 Å². The predicted octanol–water partition coefficient (Wildman–Crippen LogP) is 7.14. The van der Waals surface area contributed by atoms with Gasteiger partial charge in [0, 0.05) is 39.9 Å². The van der Waals surface area contributed by atoms with E-state index in [1.54, 1.807) is 18.2 Å². The SMILES string of the molecule is O=[N+]([O-])c1ccc2c3c(ccc2c1)OC1(C=C3)Oc2ccc(Cl)cc2C=C1c1ccccc1. The van der Waals surface area contributed by atoms with Crippen molar-refractivity contribution in [1.29, 1.82) is 0 Å². The molecule has 0 fully saturated rings. The number of nitro groups is 1. The summed E-state index contributed by atoms with van der Waals surface area (Å²) in [5.41, 5.74) is 3.60. The minimum Gasteiger partial charge on any atom is -0.444 e.